The van der Waals surface area contributed by atoms with Crippen molar-refractivity contribution in [2.75, 3.05) is 6.61 Å². The second kappa shape index (κ2) is 3.64. The summed E-state index contributed by atoms with van der Waals surface area (Å²) >= 11 is 0. The molecule has 0 aromatic carbocycles. The molecule has 0 aromatic rings. The average molecular weight is 163 g/mol. The number of aliphatic hydroxyl groups is 2. The lowest BCUT2D eigenvalue weighted by atomic mass is 10.0. The number of nitro groups is 1. The summed E-state index contributed by atoms with van der Waals surface area (Å²) in [5, 5.41) is 27.8. The number of hydrogen-bond donors (Lipinski definition) is 2. The fraction of sp³-hybridized carbons (Fsp3) is 1.00. The first-order chi connectivity index (χ1) is 4.87. The first kappa shape index (κ1) is 10.3. The second-order valence-electron chi connectivity index (χ2n) is 3.14. The van der Waals surface area contributed by atoms with Gasteiger partial charge in [0.2, 0.25) is 6.04 Å². The van der Waals surface area contributed by atoms with E-state index in [4.69, 9.17) is 10.2 Å². The summed E-state index contributed by atoms with van der Waals surface area (Å²) in [4.78, 5) is 9.56. The Morgan fingerprint density at radius 1 is 1.64 bits per heavy atom. The Morgan fingerprint density at radius 2 is 2.09 bits per heavy atom. The minimum Gasteiger partial charge on any atom is -0.390 e. The van der Waals surface area contributed by atoms with Crippen LogP contribution in [0, 0.1) is 10.1 Å². The summed E-state index contributed by atoms with van der Waals surface area (Å²) in [7, 11) is 0. The van der Waals surface area contributed by atoms with Gasteiger partial charge in [0.15, 0.2) is 0 Å². The van der Waals surface area contributed by atoms with Gasteiger partial charge >= 0.3 is 0 Å². The Hall–Kier alpha value is -0.680. The maximum Gasteiger partial charge on any atom is 0.238 e. The van der Waals surface area contributed by atoms with E-state index in [1.54, 1.807) is 0 Å². The molecule has 0 aliphatic heterocycles. The second-order valence-corrected chi connectivity index (χ2v) is 3.14. The topological polar surface area (TPSA) is 83.6 Å². The van der Waals surface area contributed by atoms with E-state index < -0.39 is 23.2 Å². The molecular formula is C6H13NO4. The molecule has 0 radical (unpaired) electrons. The molecule has 0 fully saturated rings. The predicted molar refractivity (Wildman–Crippen MR) is 38.8 cm³/mol. The van der Waals surface area contributed by atoms with Gasteiger partial charge in [-0.25, -0.2) is 0 Å². The average Bonchev–Trinajstić information content (AvgIpc) is 1.80. The van der Waals surface area contributed by atoms with Crippen LogP contribution in [0.1, 0.15) is 20.3 Å². The van der Waals surface area contributed by atoms with Crippen LogP contribution in [0.5, 0.6) is 0 Å². The van der Waals surface area contributed by atoms with Crippen LogP contribution >= 0.6 is 0 Å². The van der Waals surface area contributed by atoms with Gasteiger partial charge in [-0.2, -0.15) is 0 Å². The third kappa shape index (κ3) is 4.69. The SMILES string of the molecule is CC(C)(O)CC(CO)[N+](=O)[O-]. The first-order valence-electron chi connectivity index (χ1n) is 3.33. The van der Waals surface area contributed by atoms with Crippen LogP contribution in [-0.4, -0.2) is 33.4 Å². The van der Waals surface area contributed by atoms with Gasteiger partial charge in [-0.3, -0.25) is 10.1 Å². The maximum atomic E-state index is 10.1. The highest BCUT2D eigenvalue weighted by molar-refractivity contribution is 4.70. The van der Waals surface area contributed by atoms with Gasteiger partial charge in [-0.05, 0) is 13.8 Å². The lowest BCUT2D eigenvalue weighted by Gasteiger charge is -2.18. The fourth-order valence-corrected chi connectivity index (χ4v) is 0.782. The van der Waals surface area contributed by atoms with Crippen molar-refractivity contribution in [1.29, 1.82) is 0 Å². The molecule has 2 N–H and O–H groups in total. The quantitative estimate of drug-likeness (QED) is 0.443. The molecule has 1 atom stereocenters. The van der Waals surface area contributed by atoms with Crippen LogP contribution in [0.3, 0.4) is 0 Å². The Bertz CT molecular complexity index is 140. The number of rotatable bonds is 4. The van der Waals surface area contributed by atoms with E-state index in [0.29, 0.717) is 0 Å². The molecular weight excluding hydrogens is 150 g/mol. The molecule has 0 rings (SSSR count). The largest absolute Gasteiger partial charge is 0.390 e. The van der Waals surface area contributed by atoms with Crippen molar-refractivity contribution in [2.45, 2.75) is 31.9 Å². The van der Waals surface area contributed by atoms with Gasteiger partial charge in [0.1, 0.15) is 6.61 Å². The van der Waals surface area contributed by atoms with Crippen LogP contribution in [0.4, 0.5) is 0 Å². The predicted octanol–water partition coefficient (Wildman–Crippen LogP) is -0.215. The molecule has 0 aliphatic carbocycles. The van der Waals surface area contributed by atoms with E-state index in [0.717, 1.165) is 0 Å². The molecule has 0 aromatic heterocycles. The molecule has 0 heterocycles. The van der Waals surface area contributed by atoms with Crippen molar-refractivity contribution in [3.63, 3.8) is 0 Å². The molecule has 5 nitrogen and oxygen atoms in total. The van der Waals surface area contributed by atoms with Gasteiger partial charge in [0, 0.05) is 11.3 Å². The molecule has 0 spiro atoms. The van der Waals surface area contributed by atoms with Crippen molar-refractivity contribution in [3.05, 3.63) is 10.1 Å². The molecule has 0 aliphatic rings. The van der Waals surface area contributed by atoms with E-state index in [9.17, 15) is 10.1 Å². The molecule has 1 unspecified atom stereocenters. The third-order valence-corrected chi connectivity index (χ3v) is 1.24. The van der Waals surface area contributed by atoms with E-state index in [1.165, 1.54) is 13.8 Å². The van der Waals surface area contributed by atoms with Crippen LogP contribution in [0.25, 0.3) is 0 Å². The van der Waals surface area contributed by atoms with Gasteiger partial charge in [-0.1, -0.05) is 0 Å². The van der Waals surface area contributed by atoms with Crippen molar-refractivity contribution < 1.29 is 15.1 Å². The number of nitrogens with zero attached hydrogens (tertiary/aromatic N) is 1. The summed E-state index contributed by atoms with van der Waals surface area (Å²) in [6, 6.07) is -1.06. The highest BCUT2D eigenvalue weighted by atomic mass is 16.6. The highest BCUT2D eigenvalue weighted by Crippen LogP contribution is 2.11. The van der Waals surface area contributed by atoms with Crippen molar-refractivity contribution in [3.8, 4) is 0 Å². The monoisotopic (exact) mass is 163 g/mol. The zero-order valence-electron chi connectivity index (χ0n) is 6.65. The van der Waals surface area contributed by atoms with Crippen LogP contribution in [-0.2, 0) is 0 Å². The minimum atomic E-state index is -1.10. The van der Waals surface area contributed by atoms with Gasteiger partial charge in [-0.15, -0.1) is 0 Å². The van der Waals surface area contributed by atoms with Crippen molar-refractivity contribution in [1.82, 2.24) is 0 Å². The first-order valence-corrected chi connectivity index (χ1v) is 3.33. The van der Waals surface area contributed by atoms with E-state index in [1.807, 2.05) is 0 Å². The molecule has 0 saturated carbocycles. The smallest absolute Gasteiger partial charge is 0.238 e. The molecule has 0 saturated heterocycles. The Labute approximate surface area is 64.8 Å². The summed E-state index contributed by atoms with van der Waals surface area (Å²) in [6.07, 6.45) is -0.0312. The zero-order chi connectivity index (χ0) is 9.07. The zero-order valence-corrected chi connectivity index (χ0v) is 6.65. The highest BCUT2D eigenvalue weighted by Gasteiger charge is 2.27. The van der Waals surface area contributed by atoms with Crippen LogP contribution in [0.2, 0.25) is 0 Å². The summed E-state index contributed by atoms with van der Waals surface area (Å²) in [5.74, 6) is 0. The number of aliphatic hydroxyl groups excluding tert-OH is 1. The standard InChI is InChI=1S/C6H13NO4/c1-6(2,9)3-5(4-8)7(10)11/h5,8-9H,3-4H2,1-2H3. The van der Waals surface area contributed by atoms with Crippen LogP contribution in [0.15, 0.2) is 0 Å². The van der Waals surface area contributed by atoms with E-state index in [-0.39, 0.29) is 6.42 Å². The summed E-state index contributed by atoms with van der Waals surface area (Å²) < 4.78 is 0. The summed E-state index contributed by atoms with van der Waals surface area (Å²) in [6.45, 7) is 2.41. The molecule has 66 valence electrons. The summed E-state index contributed by atoms with van der Waals surface area (Å²) in [5.41, 5.74) is -1.10. The van der Waals surface area contributed by atoms with Gasteiger partial charge in [0.05, 0.1) is 5.60 Å². The van der Waals surface area contributed by atoms with E-state index >= 15 is 0 Å². The molecule has 5 heteroatoms. The van der Waals surface area contributed by atoms with E-state index in [2.05, 4.69) is 0 Å². The molecule has 11 heavy (non-hydrogen) atoms. The maximum absolute atomic E-state index is 10.1. The lowest BCUT2D eigenvalue weighted by Crippen LogP contribution is -2.33. The normalized spacial score (nSPS) is 14.5. The Balaban J connectivity index is 3.99. The van der Waals surface area contributed by atoms with Gasteiger partial charge < -0.3 is 10.2 Å². The van der Waals surface area contributed by atoms with Crippen molar-refractivity contribution >= 4 is 0 Å². The Kier molecular flexibility index (Phi) is 3.41. The fourth-order valence-electron chi connectivity index (χ4n) is 0.782. The van der Waals surface area contributed by atoms with Crippen molar-refractivity contribution in [2.24, 2.45) is 0 Å². The Morgan fingerprint density at radius 3 is 2.18 bits per heavy atom. The minimum absolute atomic E-state index is 0.0312. The molecule has 0 bridgehead atoms. The third-order valence-electron chi connectivity index (χ3n) is 1.24. The molecule has 0 amide bonds. The van der Waals surface area contributed by atoms with Gasteiger partial charge in [0.25, 0.3) is 0 Å². The number of hydrogen-bond acceptors (Lipinski definition) is 4. The van der Waals surface area contributed by atoms with Crippen LogP contribution < -0.4 is 0 Å². The lowest BCUT2D eigenvalue weighted by molar-refractivity contribution is -0.529.